The van der Waals surface area contributed by atoms with E-state index in [-0.39, 0.29) is 5.91 Å². The minimum absolute atomic E-state index is 0.0929. The predicted molar refractivity (Wildman–Crippen MR) is 105 cm³/mol. The largest absolute Gasteiger partial charge is 0.490 e. The molecule has 0 bridgehead atoms. The van der Waals surface area contributed by atoms with E-state index in [0.29, 0.717) is 30.4 Å². The summed E-state index contributed by atoms with van der Waals surface area (Å²) in [5.41, 5.74) is 0.685. The number of rotatable bonds is 10. The van der Waals surface area contributed by atoms with Crippen LogP contribution in [0.3, 0.4) is 0 Å². The predicted octanol–water partition coefficient (Wildman–Crippen LogP) is 3.73. The van der Waals surface area contributed by atoms with E-state index in [0.717, 1.165) is 57.6 Å². The highest BCUT2D eigenvalue weighted by molar-refractivity contribution is 5.95. The van der Waals surface area contributed by atoms with Gasteiger partial charge in [0.15, 0.2) is 11.5 Å². The first-order valence-electron chi connectivity index (χ1n) is 10.1. The van der Waals surface area contributed by atoms with Crippen molar-refractivity contribution in [1.29, 1.82) is 0 Å². The average Bonchev–Trinajstić information content (AvgIpc) is 2.69. The van der Waals surface area contributed by atoms with E-state index in [2.05, 4.69) is 26.1 Å². The van der Waals surface area contributed by atoms with Gasteiger partial charge in [-0.05, 0) is 62.9 Å². The second-order valence-electron chi connectivity index (χ2n) is 6.90. The number of piperidine rings is 1. The van der Waals surface area contributed by atoms with Crippen LogP contribution in [0.25, 0.3) is 0 Å². The fourth-order valence-electron chi connectivity index (χ4n) is 3.17. The van der Waals surface area contributed by atoms with Gasteiger partial charge in [0.2, 0.25) is 0 Å². The number of ether oxygens (including phenoxy) is 2. The van der Waals surface area contributed by atoms with Crippen molar-refractivity contribution in [2.75, 3.05) is 39.4 Å². The van der Waals surface area contributed by atoms with Crippen LogP contribution in [0.1, 0.15) is 56.8 Å². The Morgan fingerprint density at radius 3 is 2.35 bits per heavy atom. The molecule has 0 saturated carbocycles. The van der Waals surface area contributed by atoms with Crippen molar-refractivity contribution in [3.8, 4) is 11.5 Å². The van der Waals surface area contributed by atoms with Gasteiger partial charge in [-0.25, -0.2) is 0 Å². The number of hydrogen-bond acceptors (Lipinski definition) is 4. The molecule has 1 amide bonds. The third-order valence-corrected chi connectivity index (χ3v) is 4.70. The summed E-state index contributed by atoms with van der Waals surface area (Å²) in [6.45, 7) is 11.3. The minimum Gasteiger partial charge on any atom is -0.490 e. The number of nitrogens with zero attached hydrogens (tertiary/aromatic N) is 1. The fourth-order valence-corrected chi connectivity index (χ4v) is 3.17. The van der Waals surface area contributed by atoms with Crippen LogP contribution in [0, 0.1) is 5.92 Å². The van der Waals surface area contributed by atoms with Gasteiger partial charge >= 0.3 is 0 Å². The molecule has 0 aliphatic carbocycles. The Labute approximate surface area is 158 Å². The zero-order valence-corrected chi connectivity index (χ0v) is 16.6. The molecule has 5 heteroatoms. The van der Waals surface area contributed by atoms with Crippen molar-refractivity contribution in [1.82, 2.24) is 10.2 Å². The molecule has 0 spiro atoms. The molecule has 0 radical (unpaired) electrons. The number of hydrogen-bond donors (Lipinski definition) is 1. The summed E-state index contributed by atoms with van der Waals surface area (Å²) in [6, 6.07) is 5.57. The van der Waals surface area contributed by atoms with Gasteiger partial charge < -0.3 is 19.7 Å². The van der Waals surface area contributed by atoms with E-state index in [4.69, 9.17) is 9.47 Å². The quantitative estimate of drug-likeness (QED) is 0.689. The first-order chi connectivity index (χ1) is 12.7. The molecule has 26 heavy (non-hydrogen) atoms. The minimum atomic E-state index is 0.0929. The van der Waals surface area contributed by atoms with Crippen molar-refractivity contribution in [2.24, 2.45) is 5.92 Å². The van der Waals surface area contributed by atoms with Crippen LogP contribution in [0.4, 0.5) is 0 Å². The van der Waals surface area contributed by atoms with Crippen molar-refractivity contribution in [3.05, 3.63) is 23.8 Å². The van der Waals surface area contributed by atoms with Crippen LogP contribution in [0.15, 0.2) is 18.2 Å². The monoisotopic (exact) mass is 362 g/mol. The molecule has 1 aromatic carbocycles. The lowest BCUT2D eigenvalue weighted by Crippen LogP contribution is -2.40. The maximum atomic E-state index is 12.9. The van der Waals surface area contributed by atoms with Crippen molar-refractivity contribution in [3.63, 3.8) is 0 Å². The molecular formula is C21H34N2O3. The number of likely N-dealkylation sites (tertiary alicyclic amines) is 1. The third kappa shape index (κ3) is 5.90. The molecule has 1 aliphatic rings. The third-order valence-electron chi connectivity index (χ3n) is 4.70. The van der Waals surface area contributed by atoms with Gasteiger partial charge in [0.25, 0.3) is 5.91 Å². The molecule has 146 valence electrons. The van der Waals surface area contributed by atoms with E-state index in [9.17, 15) is 4.79 Å². The summed E-state index contributed by atoms with van der Waals surface area (Å²) in [5.74, 6) is 2.16. The Balaban J connectivity index is 2.01. The second-order valence-corrected chi connectivity index (χ2v) is 6.90. The first kappa shape index (κ1) is 20.6. The Kier molecular flexibility index (Phi) is 8.75. The van der Waals surface area contributed by atoms with Crippen LogP contribution in [-0.4, -0.2) is 50.2 Å². The first-order valence-corrected chi connectivity index (χ1v) is 10.1. The zero-order chi connectivity index (χ0) is 18.8. The SMILES string of the molecule is CCCOc1ccc(C(=O)N2CCC(CNCC)CC2)cc1OCCC. The van der Waals surface area contributed by atoms with Crippen LogP contribution in [-0.2, 0) is 0 Å². The normalized spacial score (nSPS) is 15.1. The van der Waals surface area contributed by atoms with Crippen LogP contribution in [0.2, 0.25) is 0 Å². The molecule has 2 rings (SSSR count). The van der Waals surface area contributed by atoms with E-state index in [1.54, 1.807) is 0 Å². The number of carbonyl (C=O) groups is 1. The van der Waals surface area contributed by atoms with E-state index in [1.165, 1.54) is 0 Å². The van der Waals surface area contributed by atoms with Gasteiger partial charge in [-0.15, -0.1) is 0 Å². The summed E-state index contributed by atoms with van der Waals surface area (Å²) in [5, 5.41) is 3.41. The van der Waals surface area contributed by atoms with E-state index < -0.39 is 0 Å². The topological polar surface area (TPSA) is 50.8 Å². The molecule has 1 aromatic rings. The summed E-state index contributed by atoms with van der Waals surface area (Å²) in [6.07, 6.45) is 3.99. The molecule has 0 unspecified atom stereocenters. The molecule has 1 saturated heterocycles. The highest BCUT2D eigenvalue weighted by Crippen LogP contribution is 2.30. The molecule has 1 N–H and O–H groups in total. The Hall–Kier alpha value is -1.75. The van der Waals surface area contributed by atoms with Crippen LogP contribution in [0.5, 0.6) is 11.5 Å². The number of amides is 1. The van der Waals surface area contributed by atoms with Crippen molar-refractivity contribution in [2.45, 2.75) is 46.5 Å². The maximum Gasteiger partial charge on any atom is 0.253 e. The molecule has 0 atom stereocenters. The van der Waals surface area contributed by atoms with Gasteiger partial charge in [-0.1, -0.05) is 20.8 Å². The van der Waals surface area contributed by atoms with Gasteiger partial charge in [-0.2, -0.15) is 0 Å². The summed E-state index contributed by atoms with van der Waals surface area (Å²) in [7, 11) is 0. The molecule has 1 heterocycles. The zero-order valence-electron chi connectivity index (χ0n) is 16.6. The molecule has 0 aromatic heterocycles. The Bertz CT molecular complexity index is 554. The average molecular weight is 363 g/mol. The smallest absolute Gasteiger partial charge is 0.253 e. The van der Waals surface area contributed by atoms with E-state index >= 15 is 0 Å². The second kappa shape index (κ2) is 11.1. The van der Waals surface area contributed by atoms with Gasteiger partial charge in [0, 0.05) is 18.7 Å². The molecular weight excluding hydrogens is 328 g/mol. The standard InChI is InChI=1S/C21H34N2O3/c1-4-13-25-19-8-7-18(15-20(19)26-14-5-2)21(24)23-11-9-17(10-12-23)16-22-6-3/h7-8,15,17,22H,4-6,9-14,16H2,1-3H3. The maximum absolute atomic E-state index is 12.9. The molecule has 5 nitrogen and oxygen atoms in total. The summed E-state index contributed by atoms with van der Waals surface area (Å²) < 4.78 is 11.6. The highest BCUT2D eigenvalue weighted by Gasteiger charge is 2.24. The van der Waals surface area contributed by atoms with Gasteiger partial charge in [-0.3, -0.25) is 4.79 Å². The van der Waals surface area contributed by atoms with Crippen molar-refractivity contribution >= 4 is 5.91 Å². The van der Waals surface area contributed by atoms with E-state index in [1.807, 2.05) is 23.1 Å². The number of nitrogens with one attached hydrogen (secondary N) is 1. The molecule has 1 fully saturated rings. The van der Waals surface area contributed by atoms with Crippen molar-refractivity contribution < 1.29 is 14.3 Å². The lowest BCUT2D eigenvalue weighted by atomic mass is 9.96. The summed E-state index contributed by atoms with van der Waals surface area (Å²) in [4.78, 5) is 14.9. The van der Waals surface area contributed by atoms with Gasteiger partial charge in [0.05, 0.1) is 13.2 Å². The number of carbonyl (C=O) groups excluding carboxylic acids is 1. The van der Waals surface area contributed by atoms with Crippen LogP contribution >= 0.6 is 0 Å². The Morgan fingerprint density at radius 2 is 1.73 bits per heavy atom. The lowest BCUT2D eigenvalue weighted by Gasteiger charge is -2.32. The fraction of sp³-hybridized carbons (Fsp3) is 0.667. The van der Waals surface area contributed by atoms with Crippen LogP contribution < -0.4 is 14.8 Å². The van der Waals surface area contributed by atoms with Gasteiger partial charge in [0.1, 0.15) is 0 Å². The highest BCUT2D eigenvalue weighted by atomic mass is 16.5. The summed E-state index contributed by atoms with van der Waals surface area (Å²) >= 11 is 0. The number of benzene rings is 1. The molecule has 1 aliphatic heterocycles. The Morgan fingerprint density at radius 1 is 1.08 bits per heavy atom. The lowest BCUT2D eigenvalue weighted by molar-refractivity contribution is 0.0689.